The minimum absolute atomic E-state index is 0.159. The van der Waals surface area contributed by atoms with Crippen LogP contribution in [0.25, 0.3) is 87.6 Å². The van der Waals surface area contributed by atoms with Crippen molar-refractivity contribution >= 4 is 71.3 Å². The van der Waals surface area contributed by atoms with Gasteiger partial charge in [-0.3, -0.25) is 0 Å². The zero-order valence-corrected chi connectivity index (χ0v) is 32.9. The SMILES string of the molecule is CC1(C)c2ccccc2-c2ccc(N(c3ccc(-c4ccccc4)cc3)c3cc4c(cc3-c3cccc5ccccc35)oc3c5ccccc5c5ccccc5c43)cc21. The van der Waals surface area contributed by atoms with Crippen molar-refractivity contribution in [3.63, 3.8) is 0 Å². The van der Waals surface area contributed by atoms with Gasteiger partial charge in [-0.25, -0.2) is 0 Å². The predicted octanol–water partition coefficient (Wildman–Crippen LogP) is 16.2. The number of benzene rings is 10. The zero-order chi connectivity index (χ0) is 39.2. The topological polar surface area (TPSA) is 16.4 Å². The molecule has 1 aliphatic carbocycles. The summed E-state index contributed by atoms with van der Waals surface area (Å²) in [6, 6.07) is 73.2. The van der Waals surface area contributed by atoms with Crippen LogP contribution in [-0.2, 0) is 5.41 Å². The summed E-state index contributed by atoms with van der Waals surface area (Å²) in [6.07, 6.45) is 0. The zero-order valence-electron chi connectivity index (χ0n) is 32.9. The Morgan fingerprint density at radius 3 is 1.80 bits per heavy atom. The van der Waals surface area contributed by atoms with Gasteiger partial charge in [-0.1, -0.05) is 178 Å². The van der Waals surface area contributed by atoms with Gasteiger partial charge in [-0.15, -0.1) is 0 Å². The van der Waals surface area contributed by atoms with E-state index in [2.05, 4.69) is 219 Å². The van der Waals surface area contributed by atoms with Gasteiger partial charge < -0.3 is 9.32 Å². The summed E-state index contributed by atoms with van der Waals surface area (Å²) in [7, 11) is 0. The molecule has 59 heavy (non-hydrogen) atoms. The normalized spacial score (nSPS) is 13.1. The summed E-state index contributed by atoms with van der Waals surface area (Å²) in [5.74, 6) is 0. The maximum absolute atomic E-state index is 7.06. The van der Waals surface area contributed by atoms with Crippen molar-refractivity contribution in [2.75, 3.05) is 4.90 Å². The molecule has 0 amide bonds. The number of furan rings is 1. The molecule has 10 aromatic carbocycles. The fourth-order valence-electron chi connectivity index (χ4n) is 9.99. The maximum atomic E-state index is 7.06. The van der Waals surface area contributed by atoms with Crippen molar-refractivity contribution in [3.8, 4) is 33.4 Å². The van der Waals surface area contributed by atoms with Gasteiger partial charge in [0.25, 0.3) is 0 Å². The highest BCUT2D eigenvalue weighted by Gasteiger charge is 2.36. The molecule has 2 nitrogen and oxygen atoms in total. The van der Waals surface area contributed by atoms with Crippen molar-refractivity contribution in [3.05, 3.63) is 211 Å². The van der Waals surface area contributed by atoms with Crippen molar-refractivity contribution in [1.29, 1.82) is 0 Å². The lowest BCUT2D eigenvalue weighted by Crippen LogP contribution is -2.17. The van der Waals surface area contributed by atoms with E-state index in [1.807, 2.05) is 0 Å². The molecule has 0 unspecified atom stereocenters. The van der Waals surface area contributed by atoms with Crippen LogP contribution in [0.2, 0.25) is 0 Å². The average Bonchev–Trinajstić information content (AvgIpc) is 3.78. The van der Waals surface area contributed by atoms with Crippen LogP contribution in [0.4, 0.5) is 17.1 Å². The molecule has 2 heteroatoms. The summed E-state index contributed by atoms with van der Waals surface area (Å²) in [5.41, 5.74) is 14.9. The highest BCUT2D eigenvalue weighted by atomic mass is 16.3. The van der Waals surface area contributed by atoms with Gasteiger partial charge >= 0.3 is 0 Å². The molecular weight excluding hydrogens is 715 g/mol. The van der Waals surface area contributed by atoms with E-state index >= 15 is 0 Å². The number of fused-ring (bicyclic) bond motifs is 12. The van der Waals surface area contributed by atoms with Gasteiger partial charge in [0.2, 0.25) is 0 Å². The maximum Gasteiger partial charge on any atom is 0.143 e. The summed E-state index contributed by atoms with van der Waals surface area (Å²) >= 11 is 0. The van der Waals surface area contributed by atoms with Crippen LogP contribution in [0.15, 0.2) is 205 Å². The van der Waals surface area contributed by atoms with Gasteiger partial charge in [0.1, 0.15) is 11.2 Å². The van der Waals surface area contributed by atoms with Gasteiger partial charge in [-0.05, 0) is 102 Å². The highest BCUT2D eigenvalue weighted by Crippen LogP contribution is 2.53. The number of hydrogen-bond acceptors (Lipinski definition) is 2. The second kappa shape index (κ2) is 12.8. The first kappa shape index (κ1) is 33.7. The first-order chi connectivity index (χ1) is 29.0. The van der Waals surface area contributed by atoms with Crippen molar-refractivity contribution in [1.82, 2.24) is 0 Å². The lowest BCUT2D eigenvalue weighted by Gasteiger charge is -2.30. The fraction of sp³-hybridized carbons (Fsp3) is 0.0526. The Labute approximate surface area is 343 Å². The molecular formula is C57H39NO. The molecule has 0 saturated heterocycles. The minimum atomic E-state index is -0.159. The molecule has 0 fully saturated rings. The van der Waals surface area contributed by atoms with Gasteiger partial charge in [-0.2, -0.15) is 0 Å². The Morgan fingerprint density at radius 1 is 0.390 bits per heavy atom. The van der Waals surface area contributed by atoms with Crippen LogP contribution < -0.4 is 4.90 Å². The molecule has 0 bridgehead atoms. The monoisotopic (exact) mass is 753 g/mol. The lowest BCUT2D eigenvalue weighted by atomic mass is 9.82. The summed E-state index contributed by atoms with van der Waals surface area (Å²) in [5, 5.41) is 9.39. The Hall–Kier alpha value is -7.42. The first-order valence-corrected chi connectivity index (χ1v) is 20.5. The molecule has 12 rings (SSSR count). The number of rotatable bonds is 5. The molecule has 1 aromatic heterocycles. The standard InChI is InChI=1S/C57H39NO/c1-57(2)51-26-13-12-22-45(51)46-32-31-40(33-52(46)57)58(39-29-27-37(28-30-39)36-15-4-3-5-16-36)53-34-50-54(35-49(53)42-25-14-18-38-17-6-7-19-41(38)42)59-56-48-24-11-9-21-44(48)43-20-8-10-23-47(43)55(50)56/h3-35H,1-2H3. The van der Waals surface area contributed by atoms with Crippen LogP contribution in [0.3, 0.4) is 0 Å². The van der Waals surface area contributed by atoms with E-state index in [1.165, 1.54) is 60.3 Å². The molecule has 1 heterocycles. The Morgan fingerprint density at radius 2 is 0.983 bits per heavy atom. The van der Waals surface area contributed by atoms with E-state index in [0.717, 1.165) is 55.5 Å². The Balaban J connectivity index is 1.20. The molecule has 0 aliphatic heterocycles. The third-order valence-corrected chi connectivity index (χ3v) is 12.8. The van der Waals surface area contributed by atoms with E-state index in [1.54, 1.807) is 0 Å². The van der Waals surface area contributed by atoms with Crippen molar-refractivity contribution < 1.29 is 4.42 Å². The van der Waals surface area contributed by atoms with Crippen LogP contribution >= 0.6 is 0 Å². The van der Waals surface area contributed by atoms with E-state index in [0.29, 0.717) is 0 Å². The van der Waals surface area contributed by atoms with E-state index < -0.39 is 0 Å². The molecule has 1 aliphatic rings. The molecule has 0 radical (unpaired) electrons. The van der Waals surface area contributed by atoms with Crippen molar-refractivity contribution in [2.24, 2.45) is 0 Å². The Kier molecular flexibility index (Phi) is 7.31. The van der Waals surface area contributed by atoms with E-state index in [-0.39, 0.29) is 5.41 Å². The van der Waals surface area contributed by atoms with E-state index in [4.69, 9.17) is 4.42 Å². The van der Waals surface area contributed by atoms with Crippen LogP contribution in [0.5, 0.6) is 0 Å². The molecule has 0 saturated carbocycles. The van der Waals surface area contributed by atoms with Gasteiger partial charge in [0.05, 0.1) is 5.69 Å². The molecule has 0 spiro atoms. The Bertz CT molecular complexity index is 3460. The predicted molar refractivity (Wildman–Crippen MR) is 249 cm³/mol. The number of nitrogens with zero attached hydrogens (tertiary/aromatic N) is 1. The average molecular weight is 754 g/mol. The van der Waals surface area contributed by atoms with Crippen LogP contribution in [0.1, 0.15) is 25.0 Å². The molecule has 278 valence electrons. The summed E-state index contributed by atoms with van der Waals surface area (Å²) in [6.45, 7) is 4.72. The van der Waals surface area contributed by atoms with Crippen LogP contribution in [-0.4, -0.2) is 0 Å². The van der Waals surface area contributed by atoms with Crippen molar-refractivity contribution in [2.45, 2.75) is 19.3 Å². The smallest absolute Gasteiger partial charge is 0.143 e. The molecule has 11 aromatic rings. The molecule has 0 atom stereocenters. The summed E-state index contributed by atoms with van der Waals surface area (Å²) in [4.78, 5) is 2.48. The first-order valence-electron chi connectivity index (χ1n) is 20.5. The summed E-state index contributed by atoms with van der Waals surface area (Å²) < 4.78 is 7.06. The minimum Gasteiger partial charge on any atom is -0.455 e. The third-order valence-electron chi connectivity index (χ3n) is 12.8. The van der Waals surface area contributed by atoms with Gasteiger partial charge in [0, 0.05) is 38.5 Å². The lowest BCUT2D eigenvalue weighted by molar-refractivity contribution is 0.660. The quantitative estimate of drug-likeness (QED) is 0.163. The number of hydrogen-bond donors (Lipinski definition) is 0. The third kappa shape index (κ3) is 5.06. The van der Waals surface area contributed by atoms with Crippen LogP contribution in [0, 0.1) is 0 Å². The number of anilines is 3. The highest BCUT2D eigenvalue weighted by molar-refractivity contribution is 6.30. The van der Waals surface area contributed by atoms with Gasteiger partial charge in [0.15, 0.2) is 0 Å². The second-order valence-electron chi connectivity index (χ2n) is 16.4. The van der Waals surface area contributed by atoms with E-state index in [9.17, 15) is 0 Å². The second-order valence-corrected chi connectivity index (χ2v) is 16.4. The molecule has 0 N–H and O–H groups in total. The largest absolute Gasteiger partial charge is 0.455 e. The fourth-order valence-corrected chi connectivity index (χ4v) is 9.99.